The smallest absolute Gasteiger partial charge is 0.337 e. The number of anilines is 1. The van der Waals surface area contributed by atoms with Crippen molar-refractivity contribution in [2.75, 3.05) is 12.4 Å². The van der Waals surface area contributed by atoms with Crippen LogP contribution in [-0.2, 0) is 4.74 Å². The molecule has 110 valence electrons. The van der Waals surface area contributed by atoms with Crippen molar-refractivity contribution in [2.45, 2.75) is 0 Å². The normalized spacial score (nSPS) is 10.4. The maximum atomic E-state index is 12.2. The fraction of sp³-hybridized carbons (Fsp3) is 0.0588. The molecule has 5 nitrogen and oxygen atoms in total. The number of amides is 1. The van der Waals surface area contributed by atoms with Crippen LogP contribution in [0.5, 0.6) is 0 Å². The lowest BCUT2D eigenvalue weighted by Crippen LogP contribution is -2.12. The SMILES string of the molecule is COC(=O)c1ccc(NC(=O)c2ccc3cc[nH]c3c2)cc1. The molecule has 0 atom stereocenters. The lowest BCUT2D eigenvalue weighted by Gasteiger charge is -2.06. The quantitative estimate of drug-likeness (QED) is 0.729. The largest absolute Gasteiger partial charge is 0.465 e. The van der Waals surface area contributed by atoms with Gasteiger partial charge in [0.15, 0.2) is 0 Å². The molecule has 0 fully saturated rings. The maximum absolute atomic E-state index is 12.2. The third-order valence-electron chi connectivity index (χ3n) is 3.38. The molecule has 1 amide bonds. The third kappa shape index (κ3) is 2.69. The number of benzene rings is 2. The van der Waals surface area contributed by atoms with E-state index in [0.717, 1.165) is 10.9 Å². The van der Waals surface area contributed by atoms with E-state index in [4.69, 9.17) is 0 Å². The fourth-order valence-corrected chi connectivity index (χ4v) is 2.20. The van der Waals surface area contributed by atoms with Crippen LogP contribution in [0.3, 0.4) is 0 Å². The second kappa shape index (κ2) is 5.73. The molecule has 0 aliphatic rings. The Morgan fingerprint density at radius 3 is 2.45 bits per heavy atom. The Morgan fingerprint density at radius 1 is 1.00 bits per heavy atom. The van der Waals surface area contributed by atoms with Gasteiger partial charge in [-0.15, -0.1) is 0 Å². The summed E-state index contributed by atoms with van der Waals surface area (Å²) in [5.41, 5.74) is 2.53. The van der Waals surface area contributed by atoms with E-state index in [9.17, 15) is 9.59 Å². The molecule has 3 rings (SSSR count). The number of methoxy groups -OCH3 is 1. The lowest BCUT2D eigenvalue weighted by atomic mass is 10.1. The number of nitrogens with one attached hydrogen (secondary N) is 2. The summed E-state index contributed by atoms with van der Waals surface area (Å²) in [5, 5.41) is 3.85. The second-order valence-corrected chi connectivity index (χ2v) is 4.80. The second-order valence-electron chi connectivity index (χ2n) is 4.80. The van der Waals surface area contributed by atoms with Crippen molar-refractivity contribution in [1.29, 1.82) is 0 Å². The van der Waals surface area contributed by atoms with Crippen molar-refractivity contribution in [1.82, 2.24) is 4.98 Å². The summed E-state index contributed by atoms with van der Waals surface area (Å²) < 4.78 is 4.63. The average Bonchev–Trinajstić information content (AvgIpc) is 3.02. The number of carbonyl (C=O) groups excluding carboxylic acids is 2. The number of ether oxygens (including phenoxy) is 1. The van der Waals surface area contributed by atoms with Gasteiger partial charge in [0, 0.05) is 23.0 Å². The number of hydrogen-bond donors (Lipinski definition) is 2. The Hall–Kier alpha value is -3.08. The molecule has 0 radical (unpaired) electrons. The van der Waals surface area contributed by atoms with Gasteiger partial charge in [-0.2, -0.15) is 0 Å². The molecule has 1 heterocycles. The summed E-state index contributed by atoms with van der Waals surface area (Å²) in [4.78, 5) is 26.7. The molecule has 22 heavy (non-hydrogen) atoms. The Balaban J connectivity index is 1.77. The first-order chi connectivity index (χ1) is 10.7. The van der Waals surface area contributed by atoms with E-state index in [1.54, 1.807) is 36.4 Å². The zero-order valence-electron chi connectivity index (χ0n) is 11.9. The van der Waals surface area contributed by atoms with Crippen LogP contribution < -0.4 is 5.32 Å². The molecule has 0 spiro atoms. The van der Waals surface area contributed by atoms with Crippen LogP contribution in [0.25, 0.3) is 10.9 Å². The predicted molar refractivity (Wildman–Crippen MR) is 84.0 cm³/mol. The van der Waals surface area contributed by atoms with Gasteiger partial charge in [-0.3, -0.25) is 4.79 Å². The van der Waals surface area contributed by atoms with Gasteiger partial charge in [0.05, 0.1) is 12.7 Å². The van der Waals surface area contributed by atoms with Crippen LogP contribution in [0.15, 0.2) is 54.7 Å². The molecule has 0 unspecified atom stereocenters. The molecule has 0 saturated heterocycles. The summed E-state index contributed by atoms with van der Waals surface area (Å²) in [6.45, 7) is 0. The number of H-pyrrole nitrogens is 1. The first-order valence-electron chi connectivity index (χ1n) is 6.74. The van der Waals surface area contributed by atoms with Gasteiger partial charge >= 0.3 is 5.97 Å². The van der Waals surface area contributed by atoms with Crippen molar-refractivity contribution in [3.63, 3.8) is 0 Å². The zero-order valence-corrected chi connectivity index (χ0v) is 11.9. The highest BCUT2D eigenvalue weighted by Crippen LogP contribution is 2.16. The van der Waals surface area contributed by atoms with Crippen LogP contribution in [0.1, 0.15) is 20.7 Å². The van der Waals surface area contributed by atoms with Gasteiger partial charge in [0.1, 0.15) is 0 Å². The highest BCUT2D eigenvalue weighted by Gasteiger charge is 2.09. The lowest BCUT2D eigenvalue weighted by molar-refractivity contribution is 0.0600. The average molecular weight is 294 g/mol. The molecular formula is C17H14N2O3. The van der Waals surface area contributed by atoms with Crippen LogP contribution >= 0.6 is 0 Å². The number of rotatable bonds is 3. The minimum Gasteiger partial charge on any atom is -0.465 e. The van der Waals surface area contributed by atoms with Crippen molar-refractivity contribution < 1.29 is 14.3 Å². The molecule has 2 N–H and O–H groups in total. The van der Waals surface area contributed by atoms with E-state index < -0.39 is 5.97 Å². The molecule has 0 bridgehead atoms. The van der Waals surface area contributed by atoms with Gasteiger partial charge in [-0.25, -0.2) is 4.79 Å². The van der Waals surface area contributed by atoms with E-state index in [-0.39, 0.29) is 5.91 Å². The summed E-state index contributed by atoms with van der Waals surface area (Å²) in [7, 11) is 1.33. The Labute approximate surface area is 126 Å². The monoisotopic (exact) mass is 294 g/mol. The molecule has 1 aromatic heterocycles. The Bertz CT molecular complexity index is 834. The van der Waals surface area contributed by atoms with Gasteiger partial charge < -0.3 is 15.0 Å². The van der Waals surface area contributed by atoms with Gasteiger partial charge in [-0.05, 0) is 47.9 Å². The van der Waals surface area contributed by atoms with Crippen molar-refractivity contribution >= 4 is 28.5 Å². The van der Waals surface area contributed by atoms with Crippen molar-refractivity contribution in [3.8, 4) is 0 Å². The third-order valence-corrected chi connectivity index (χ3v) is 3.38. The molecule has 0 aliphatic carbocycles. The van der Waals surface area contributed by atoms with Crippen LogP contribution in [0.4, 0.5) is 5.69 Å². The molecule has 3 aromatic rings. The highest BCUT2D eigenvalue weighted by molar-refractivity contribution is 6.06. The first-order valence-corrected chi connectivity index (χ1v) is 6.74. The number of esters is 1. The highest BCUT2D eigenvalue weighted by atomic mass is 16.5. The van der Waals surface area contributed by atoms with Crippen LogP contribution in [0, 0.1) is 0 Å². The summed E-state index contributed by atoms with van der Waals surface area (Å²) in [6.07, 6.45) is 1.83. The fourth-order valence-electron chi connectivity index (χ4n) is 2.20. The number of carbonyl (C=O) groups is 2. The maximum Gasteiger partial charge on any atom is 0.337 e. The zero-order chi connectivity index (χ0) is 15.5. The number of fused-ring (bicyclic) bond motifs is 1. The molecule has 0 aliphatic heterocycles. The van der Waals surface area contributed by atoms with E-state index >= 15 is 0 Å². The van der Waals surface area contributed by atoms with Crippen molar-refractivity contribution in [3.05, 3.63) is 65.9 Å². The molecule has 2 aromatic carbocycles. The van der Waals surface area contributed by atoms with E-state index in [1.807, 2.05) is 18.3 Å². The van der Waals surface area contributed by atoms with E-state index in [2.05, 4.69) is 15.0 Å². The minimum absolute atomic E-state index is 0.206. The van der Waals surface area contributed by atoms with Gasteiger partial charge in [-0.1, -0.05) is 6.07 Å². The molecular weight excluding hydrogens is 280 g/mol. The summed E-state index contributed by atoms with van der Waals surface area (Å²) in [5.74, 6) is -0.614. The molecule has 5 heteroatoms. The first kappa shape index (κ1) is 13.9. The number of aromatic nitrogens is 1. The predicted octanol–water partition coefficient (Wildman–Crippen LogP) is 3.21. The number of aromatic amines is 1. The van der Waals surface area contributed by atoms with Gasteiger partial charge in [0.25, 0.3) is 5.91 Å². The van der Waals surface area contributed by atoms with E-state index in [0.29, 0.717) is 16.8 Å². The summed E-state index contributed by atoms with van der Waals surface area (Å²) >= 11 is 0. The van der Waals surface area contributed by atoms with Gasteiger partial charge in [0.2, 0.25) is 0 Å². The topological polar surface area (TPSA) is 71.2 Å². The van der Waals surface area contributed by atoms with Crippen LogP contribution in [-0.4, -0.2) is 24.0 Å². The van der Waals surface area contributed by atoms with Crippen molar-refractivity contribution in [2.24, 2.45) is 0 Å². The Kier molecular flexibility index (Phi) is 3.62. The number of hydrogen-bond acceptors (Lipinski definition) is 3. The summed E-state index contributed by atoms with van der Waals surface area (Å²) in [6, 6.07) is 13.9. The Morgan fingerprint density at radius 2 is 1.73 bits per heavy atom. The minimum atomic E-state index is -0.407. The molecule has 0 saturated carbocycles. The van der Waals surface area contributed by atoms with E-state index in [1.165, 1.54) is 7.11 Å². The standard InChI is InChI=1S/C17H14N2O3/c1-22-17(21)12-4-6-14(7-5-12)19-16(20)13-3-2-11-8-9-18-15(11)10-13/h2-10,18H,1H3,(H,19,20). The van der Waals surface area contributed by atoms with Crippen LogP contribution in [0.2, 0.25) is 0 Å².